The average Bonchev–Trinajstić information content (AvgIpc) is 2.51. The molecule has 0 aromatic carbocycles. The number of hydrogen-bond donors (Lipinski definition) is 1. The van der Waals surface area contributed by atoms with E-state index in [-0.39, 0.29) is 0 Å². The first kappa shape index (κ1) is 9.98. The summed E-state index contributed by atoms with van der Waals surface area (Å²) in [5.41, 5.74) is 0. The Morgan fingerprint density at radius 1 is 1.62 bits per heavy atom. The zero-order valence-electron chi connectivity index (χ0n) is 8.16. The third kappa shape index (κ3) is 3.89. The Labute approximate surface area is 78.1 Å². The van der Waals surface area contributed by atoms with Gasteiger partial charge in [0.1, 0.15) is 6.33 Å². The third-order valence-corrected chi connectivity index (χ3v) is 1.56. The molecule has 0 aliphatic carbocycles. The molecule has 0 saturated carbocycles. The van der Waals surface area contributed by atoms with Crippen LogP contribution in [-0.2, 0) is 7.05 Å². The summed E-state index contributed by atoms with van der Waals surface area (Å²) in [7, 11) is 1.82. The Bertz CT molecular complexity index is 236. The van der Waals surface area contributed by atoms with Crippen LogP contribution in [0.25, 0.3) is 0 Å². The molecule has 1 aromatic heterocycles. The second-order valence-electron chi connectivity index (χ2n) is 2.76. The van der Waals surface area contributed by atoms with Gasteiger partial charge in [0, 0.05) is 7.05 Å². The van der Waals surface area contributed by atoms with E-state index in [1.807, 2.05) is 7.05 Å². The topological polar surface area (TPSA) is 52.0 Å². The summed E-state index contributed by atoms with van der Waals surface area (Å²) in [5, 5.41) is 7.21. The smallest absolute Gasteiger partial charge is 0.335 e. The van der Waals surface area contributed by atoms with Crippen LogP contribution >= 0.6 is 0 Å². The monoisotopic (exact) mass is 184 g/mol. The maximum Gasteiger partial charge on any atom is 0.335 e. The number of ether oxygens (including phenoxy) is 1. The van der Waals surface area contributed by atoms with Gasteiger partial charge in [-0.3, -0.25) is 4.68 Å². The van der Waals surface area contributed by atoms with Crippen molar-refractivity contribution in [2.45, 2.75) is 13.3 Å². The van der Waals surface area contributed by atoms with E-state index in [4.69, 9.17) is 4.74 Å². The van der Waals surface area contributed by atoms with Crippen LogP contribution in [0.4, 0.5) is 0 Å². The van der Waals surface area contributed by atoms with E-state index >= 15 is 0 Å². The number of hydrogen-bond acceptors (Lipinski definition) is 4. The van der Waals surface area contributed by atoms with E-state index in [0.717, 1.165) is 19.5 Å². The van der Waals surface area contributed by atoms with Gasteiger partial charge in [0.05, 0.1) is 6.61 Å². The summed E-state index contributed by atoms with van der Waals surface area (Å²) in [6, 6.07) is 0.457. The lowest BCUT2D eigenvalue weighted by molar-refractivity contribution is 0.284. The molecule has 1 aromatic rings. The summed E-state index contributed by atoms with van der Waals surface area (Å²) in [4.78, 5) is 3.94. The molecule has 0 bridgehead atoms. The molecule has 0 spiro atoms. The summed E-state index contributed by atoms with van der Waals surface area (Å²) >= 11 is 0. The van der Waals surface area contributed by atoms with Gasteiger partial charge in [-0.25, -0.2) is 0 Å². The van der Waals surface area contributed by atoms with Crippen LogP contribution < -0.4 is 10.1 Å². The lowest BCUT2D eigenvalue weighted by Gasteiger charge is -2.01. The van der Waals surface area contributed by atoms with Crippen LogP contribution in [-0.4, -0.2) is 34.5 Å². The van der Waals surface area contributed by atoms with Gasteiger partial charge in [-0.1, -0.05) is 6.92 Å². The Balaban J connectivity index is 2.06. The summed E-state index contributed by atoms with van der Waals surface area (Å²) in [6.07, 6.45) is 2.60. The summed E-state index contributed by atoms with van der Waals surface area (Å²) in [5.74, 6) is 0. The van der Waals surface area contributed by atoms with E-state index in [9.17, 15) is 0 Å². The third-order valence-electron chi connectivity index (χ3n) is 1.56. The van der Waals surface area contributed by atoms with Gasteiger partial charge >= 0.3 is 6.01 Å². The highest BCUT2D eigenvalue weighted by Gasteiger charge is 1.97. The van der Waals surface area contributed by atoms with Gasteiger partial charge in [0.15, 0.2) is 0 Å². The van der Waals surface area contributed by atoms with Gasteiger partial charge in [-0.05, 0) is 19.5 Å². The van der Waals surface area contributed by atoms with E-state index in [0.29, 0.717) is 12.6 Å². The van der Waals surface area contributed by atoms with Crippen molar-refractivity contribution in [2.75, 3.05) is 19.7 Å². The lowest BCUT2D eigenvalue weighted by atomic mass is 10.4. The molecule has 13 heavy (non-hydrogen) atoms. The molecule has 1 heterocycles. The van der Waals surface area contributed by atoms with Crippen molar-refractivity contribution in [3.63, 3.8) is 0 Å². The van der Waals surface area contributed by atoms with Gasteiger partial charge in [0.2, 0.25) is 0 Å². The zero-order chi connectivity index (χ0) is 9.52. The Hall–Kier alpha value is -1.10. The molecule has 1 N–H and O–H groups in total. The predicted octanol–water partition coefficient (Wildman–Crippen LogP) is 0.193. The highest BCUT2D eigenvalue weighted by atomic mass is 16.5. The van der Waals surface area contributed by atoms with Crippen molar-refractivity contribution in [3.05, 3.63) is 6.33 Å². The summed E-state index contributed by atoms with van der Waals surface area (Å²) in [6.45, 7) is 4.73. The summed E-state index contributed by atoms with van der Waals surface area (Å²) < 4.78 is 6.91. The molecule has 0 radical (unpaired) electrons. The first-order valence-electron chi connectivity index (χ1n) is 4.52. The van der Waals surface area contributed by atoms with Crippen molar-refractivity contribution in [3.8, 4) is 6.01 Å². The number of nitrogens with one attached hydrogen (secondary N) is 1. The van der Waals surface area contributed by atoms with Crippen LogP contribution in [0.3, 0.4) is 0 Å². The standard InChI is InChI=1S/C8H16N4O/c1-3-9-5-4-6-13-8-10-7-12(2)11-8/h7,9H,3-6H2,1-2H3. The molecular weight excluding hydrogens is 168 g/mol. The van der Waals surface area contributed by atoms with Crippen molar-refractivity contribution in [1.29, 1.82) is 0 Å². The minimum absolute atomic E-state index is 0.457. The maximum atomic E-state index is 5.29. The number of aromatic nitrogens is 3. The number of rotatable bonds is 6. The quantitative estimate of drug-likeness (QED) is 0.641. The molecule has 0 saturated heterocycles. The van der Waals surface area contributed by atoms with E-state index in [1.54, 1.807) is 11.0 Å². The minimum Gasteiger partial charge on any atom is -0.462 e. The van der Waals surface area contributed by atoms with E-state index < -0.39 is 0 Å². The van der Waals surface area contributed by atoms with Crippen molar-refractivity contribution in [1.82, 2.24) is 20.1 Å². The zero-order valence-corrected chi connectivity index (χ0v) is 8.16. The minimum atomic E-state index is 0.457. The van der Waals surface area contributed by atoms with Crippen LogP contribution in [0, 0.1) is 0 Å². The average molecular weight is 184 g/mol. The lowest BCUT2D eigenvalue weighted by Crippen LogP contribution is -2.16. The normalized spacial score (nSPS) is 10.3. The van der Waals surface area contributed by atoms with Gasteiger partial charge in [0.25, 0.3) is 0 Å². The molecule has 1 rings (SSSR count). The molecule has 74 valence electrons. The number of aryl methyl sites for hydroxylation is 1. The van der Waals surface area contributed by atoms with Crippen molar-refractivity contribution < 1.29 is 4.74 Å². The highest BCUT2D eigenvalue weighted by Crippen LogP contribution is 1.97. The Morgan fingerprint density at radius 3 is 3.08 bits per heavy atom. The molecule has 5 nitrogen and oxygen atoms in total. The van der Waals surface area contributed by atoms with E-state index in [2.05, 4.69) is 22.3 Å². The second-order valence-corrected chi connectivity index (χ2v) is 2.76. The first-order valence-corrected chi connectivity index (χ1v) is 4.52. The van der Waals surface area contributed by atoms with Gasteiger partial charge < -0.3 is 10.1 Å². The predicted molar refractivity (Wildman–Crippen MR) is 49.7 cm³/mol. The van der Waals surface area contributed by atoms with Gasteiger partial charge in [-0.2, -0.15) is 4.98 Å². The van der Waals surface area contributed by atoms with Crippen molar-refractivity contribution in [2.24, 2.45) is 7.05 Å². The Morgan fingerprint density at radius 2 is 2.46 bits per heavy atom. The van der Waals surface area contributed by atoms with Crippen LogP contribution in [0.15, 0.2) is 6.33 Å². The molecule has 5 heteroatoms. The molecule has 0 aliphatic rings. The second kappa shape index (κ2) is 5.53. The SMILES string of the molecule is CCNCCCOc1ncn(C)n1. The fourth-order valence-electron chi connectivity index (χ4n) is 0.923. The first-order chi connectivity index (χ1) is 6.33. The molecule has 0 atom stereocenters. The Kier molecular flexibility index (Phi) is 4.25. The fourth-order valence-corrected chi connectivity index (χ4v) is 0.923. The fraction of sp³-hybridized carbons (Fsp3) is 0.750. The van der Waals surface area contributed by atoms with Gasteiger partial charge in [-0.15, -0.1) is 5.10 Å². The van der Waals surface area contributed by atoms with Crippen LogP contribution in [0.2, 0.25) is 0 Å². The molecule has 0 aliphatic heterocycles. The van der Waals surface area contributed by atoms with Crippen LogP contribution in [0.5, 0.6) is 6.01 Å². The molecule has 0 amide bonds. The highest BCUT2D eigenvalue weighted by molar-refractivity contribution is 4.86. The largest absolute Gasteiger partial charge is 0.462 e. The van der Waals surface area contributed by atoms with Crippen LogP contribution in [0.1, 0.15) is 13.3 Å². The molecular formula is C8H16N4O. The molecule has 0 unspecified atom stereocenters. The maximum absolute atomic E-state index is 5.29. The molecule has 0 fully saturated rings. The van der Waals surface area contributed by atoms with E-state index in [1.165, 1.54) is 0 Å². The number of nitrogens with zero attached hydrogens (tertiary/aromatic N) is 3. The van der Waals surface area contributed by atoms with Crippen molar-refractivity contribution >= 4 is 0 Å².